The first-order chi connectivity index (χ1) is 9.53. The van der Waals surface area contributed by atoms with Crippen LogP contribution in [0.15, 0.2) is 6.07 Å². The summed E-state index contributed by atoms with van der Waals surface area (Å²) in [5.41, 5.74) is 1.34. The van der Waals surface area contributed by atoms with E-state index in [0.29, 0.717) is 0 Å². The van der Waals surface area contributed by atoms with E-state index in [4.69, 9.17) is 5.10 Å². The van der Waals surface area contributed by atoms with Crippen LogP contribution >= 0.6 is 22.6 Å². The summed E-state index contributed by atoms with van der Waals surface area (Å²) in [6, 6.07) is 2.20. The predicted molar refractivity (Wildman–Crippen MR) is 96.2 cm³/mol. The topological polar surface area (TPSA) is 17.8 Å². The average molecular weight is 390 g/mol. The summed E-state index contributed by atoms with van der Waals surface area (Å²) in [6.45, 7) is 9.05. The van der Waals surface area contributed by atoms with E-state index in [1.165, 1.54) is 61.5 Å². The van der Waals surface area contributed by atoms with Crippen LogP contribution in [-0.4, -0.2) is 9.78 Å². The average Bonchev–Trinajstić information content (AvgIpc) is 2.76. The summed E-state index contributed by atoms with van der Waals surface area (Å²) in [7, 11) is 0. The summed E-state index contributed by atoms with van der Waals surface area (Å²) < 4.78 is 3.57. The molecule has 0 aliphatic rings. The van der Waals surface area contributed by atoms with Crippen molar-refractivity contribution in [2.75, 3.05) is 0 Å². The fourth-order valence-electron chi connectivity index (χ4n) is 2.85. The zero-order valence-electron chi connectivity index (χ0n) is 13.7. The maximum atomic E-state index is 4.76. The maximum Gasteiger partial charge on any atom is 0.0998 e. The molecular weight excluding hydrogens is 359 g/mol. The normalized spacial score (nSPS) is 14.4. The molecule has 0 radical (unpaired) electrons. The highest BCUT2D eigenvalue weighted by Crippen LogP contribution is 2.31. The van der Waals surface area contributed by atoms with E-state index in [-0.39, 0.29) is 5.54 Å². The number of hydrogen-bond acceptors (Lipinski definition) is 1. The van der Waals surface area contributed by atoms with E-state index in [9.17, 15) is 0 Å². The fraction of sp³-hybridized carbons (Fsp3) is 0.824. The summed E-state index contributed by atoms with van der Waals surface area (Å²) in [5.74, 6) is 0. The molecule has 0 aromatic carbocycles. The number of nitrogens with zero attached hydrogens (tertiary/aromatic N) is 2. The van der Waals surface area contributed by atoms with E-state index >= 15 is 0 Å². The van der Waals surface area contributed by atoms with Crippen molar-refractivity contribution in [1.82, 2.24) is 9.78 Å². The predicted octanol–water partition coefficient (Wildman–Crippen LogP) is 6.06. The van der Waals surface area contributed by atoms with Crippen molar-refractivity contribution in [3.05, 3.63) is 15.5 Å². The van der Waals surface area contributed by atoms with Gasteiger partial charge in [-0.05, 0) is 55.3 Å². The molecule has 0 bridgehead atoms. The van der Waals surface area contributed by atoms with Gasteiger partial charge in [0.2, 0.25) is 0 Å². The molecule has 0 N–H and O–H groups in total. The summed E-state index contributed by atoms with van der Waals surface area (Å²) >= 11 is 2.43. The van der Waals surface area contributed by atoms with Crippen LogP contribution in [0, 0.1) is 10.6 Å². The van der Waals surface area contributed by atoms with Gasteiger partial charge in [-0.1, -0.05) is 58.8 Å². The molecule has 20 heavy (non-hydrogen) atoms. The number of rotatable bonds is 10. The van der Waals surface area contributed by atoms with Crippen molar-refractivity contribution < 1.29 is 0 Å². The van der Waals surface area contributed by atoms with Gasteiger partial charge in [0.05, 0.1) is 14.9 Å². The van der Waals surface area contributed by atoms with Gasteiger partial charge in [-0.25, -0.2) is 0 Å². The Morgan fingerprint density at radius 2 is 1.65 bits per heavy atom. The van der Waals surface area contributed by atoms with Crippen LogP contribution in [0.4, 0.5) is 0 Å². The molecule has 1 unspecified atom stereocenters. The molecule has 1 atom stereocenters. The Morgan fingerprint density at radius 3 is 2.20 bits per heavy atom. The van der Waals surface area contributed by atoms with Crippen LogP contribution < -0.4 is 0 Å². The van der Waals surface area contributed by atoms with Crippen LogP contribution in [0.3, 0.4) is 0 Å². The lowest BCUT2D eigenvalue weighted by Crippen LogP contribution is -2.32. The SMILES string of the molecule is CCCCCCCC(C)(CCCC)n1nc(C)cc1I. The third-order valence-corrected chi connectivity index (χ3v) is 4.96. The Labute approximate surface area is 138 Å². The zero-order chi connectivity index (χ0) is 15.0. The molecule has 1 aromatic rings. The molecule has 3 heteroatoms. The summed E-state index contributed by atoms with van der Waals surface area (Å²) in [5, 5.41) is 4.76. The Balaban J connectivity index is 2.68. The molecule has 0 saturated heterocycles. The second kappa shape index (κ2) is 9.06. The third-order valence-electron chi connectivity index (χ3n) is 4.19. The van der Waals surface area contributed by atoms with Gasteiger partial charge in [-0.2, -0.15) is 5.10 Å². The molecule has 0 aliphatic heterocycles. The highest BCUT2D eigenvalue weighted by molar-refractivity contribution is 14.1. The smallest absolute Gasteiger partial charge is 0.0998 e. The van der Waals surface area contributed by atoms with Crippen molar-refractivity contribution in [3.63, 3.8) is 0 Å². The van der Waals surface area contributed by atoms with Crippen molar-refractivity contribution in [1.29, 1.82) is 0 Å². The van der Waals surface area contributed by atoms with Gasteiger partial charge in [0.15, 0.2) is 0 Å². The lowest BCUT2D eigenvalue weighted by atomic mass is 9.89. The minimum atomic E-state index is 0.201. The van der Waals surface area contributed by atoms with Gasteiger partial charge in [-0.3, -0.25) is 4.68 Å². The second-order valence-corrected chi connectivity index (χ2v) is 7.39. The van der Waals surface area contributed by atoms with E-state index in [0.717, 1.165) is 5.69 Å². The molecule has 1 rings (SSSR count). The third kappa shape index (κ3) is 5.38. The first-order valence-corrected chi connectivity index (χ1v) is 9.34. The van der Waals surface area contributed by atoms with Crippen LogP contribution in [0.1, 0.15) is 84.3 Å². The van der Waals surface area contributed by atoms with E-state index < -0.39 is 0 Å². The summed E-state index contributed by atoms with van der Waals surface area (Å²) in [6.07, 6.45) is 11.8. The van der Waals surface area contributed by atoms with Crippen LogP contribution in [0.25, 0.3) is 0 Å². The van der Waals surface area contributed by atoms with Gasteiger partial charge in [0, 0.05) is 0 Å². The molecule has 0 fully saturated rings. The Kier molecular flexibility index (Phi) is 8.15. The quantitative estimate of drug-likeness (QED) is 0.351. The molecule has 116 valence electrons. The van der Waals surface area contributed by atoms with Gasteiger partial charge >= 0.3 is 0 Å². The van der Waals surface area contributed by atoms with E-state index in [1.54, 1.807) is 0 Å². The van der Waals surface area contributed by atoms with E-state index in [2.05, 4.69) is 61.0 Å². The fourth-order valence-corrected chi connectivity index (χ4v) is 3.99. The van der Waals surface area contributed by atoms with Gasteiger partial charge < -0.3 is 0 Å². The molecular formula is C17H31IN2. The van der Waals surface area contributed by atoms with Crippen LogP contribution in [0.5, 0.6) is 0 Å². The molecule has 0 saturated carbocycles. The number of halogens is 1. The zero-order valence-corrected chi connectivity index (χ0v) is 15.9. The molecule has 0 aliphatic carbocycles. The van der Waals surface area contributed by atoms with Gasteiger partial charge in [0.1, 0.15) is 0 Å². The number of aromatic nitrogens is 2. The lowest BCUT2D eigenvalue weighted by molar-refractivity contribution is 0.223. The largest absolute Gasteiger partial charge is 0.253 e. The highest BCUT2D eigenvalue weighted by Gasteiger charge is 2.28. The van der Waals surface area contributed by atoms with Gasteiger partial charge in [-0.15, -0.1) is 0 Å². The molecule has 2 nitrogen and oxygen atoms in total. The van der Waals surface area contributed by atoms with E-state index in [1.807, 2.05) is 0 Å². The first kappa shape index (κ1) is 18.0. The Bertz CT molecular complexity index is 386. The van der Waals surface area contributed by atoms with Crippen molar-refractivity contribution in [3.8, 4) is 0 Å². The monoisotopic (exact) mass is 390 g/mol. The molecule has 0 spiro atoms. The molecule has 1 aromatic heterocycles. The maximum absolute atomic E-state index is 4.76. The highest BCUT2D eigenvalue weighted by atomic mass is 127. The molecule has 0 amide bonds. The van der Waals surface area contributed by atoms with Gasteiger partial charge in [0.25, 0.3) is 0 Å². The number of hydrogen-bond donors (Lipinski definition) is 0. The Hall–Kier alpha value is -0.0600. The van der Waals surface area contributed by atoms with Crippen molar-refractivity contribution in [2.45, 2.75) is 91.0 Å². The number of aryl methyl sites for hydroxylation is 1. The van der Waals surface area contributed by atoms with Crippen molar-refractivity contribution in [2.24, 2.45) is 0 Å². The standard InChI is InChI=1S/C17H31IN2/c1-5-7-9-10-11-13-17(4,12-8-6-2)20-16(18)14-15(3)19-20/h14H,5-13H2,1-4H3. The van der Waals surface area contributed by atoms with Crippen LogP contribution in [-0.2, 0) is 5.54 Å². The second-order valence-electron chi connectivity index (χ2n) is 6.28. The molecule has 1 heterocycles. The first-order valence-electron chi connectivity index (χ1n) is 8.26. The minimum Gasteiger partial charge on any atom is -0.253 e. The number of unbranched alkanes of at least 4 members (excludes halogenated alkanes) is 5. The van der Waals surface area contributed by atoms with Crippen LogP contribution in [0.2, 0.25) is 0 Å². The van der Waals surface area contributed by atoms with Crippen molar-refractivity contribution >= 4 is 22.6 Å². The summed E-state index contributed by atoms with van der Waals surface area (Å²) in [4.78, 5) is 0. The minimum absolute atomic E-state index is 0.201. The Morgan fingerprint density at radius 1 is 1.05 bits per heavy atom. The lowest BCUT2D eigenvalue weighted by Gasteiger charge is -2.31.